The lowest BCUT2D eigenvalue weighted by molar-refractivity contribution is 0.361. The molecule has 0 aromatic heterocycles. The van der Waals surface area contributed by atoms with Crippen LogP contribution in [-0.2, 0) is 12.8 Å². The van der Waals surface area contributed by atoms with Crippen molar-refractivity contribution in [3.05, 3.63) is 143 Å². The summed E-state index contributed by atoms with van der Waals surface area (Å²) in [4.78, 5) is 0. The first-order valence-electron chi connectivity index (χ1n) is 19.1. The van der Waals surface area contributed by atoms with Crippen LogP contribution in [0.2, 0.25) is 13.1 Å². The summed E-state index contributed by atoms with van der Waals surface area (Å²) >= 11 is 0. The average Bonchev–Trinajstić information content (AvgIpc) is 3.45. The van der Waals surface area contributed by atoms with Crippen molar-refractivity contribution in [1.29, 1.82) is 0 Å². The summed E-state index contributed by atoms with van der Waals surface area (Å²) in [5.74, 6) is 1.14. The Morgan fingerprint density at radius 3 is 1.62 bits per heavy atom. The second-order valence-corrected chi connectivity index (χ2v) is 19.7. The van der Waals surface area contributed by atoms with E-state index in [1.54, 1.807) is 0 Å². The van der Waals surface area contributed by atoms with Crippen molar-refractivity contribution in [3.63, 3.8) is 0 Å². The molecule has 0 aliphatic heterocycles. The van der Waals surface area contributed by atoms with Crippen molar-refractivity contribution in [1.82, 2.24) is 0 Å². The van der Waals surface area contributed by atoms with E-state index in [4.69, 9.17) is 4.74 Å². The number of ether oxygens (including phenoxy) is 1. The fraction of sp³-hybridized carbons (Fsp3) is 0.333. The molecule has 6 rings (SSSR count). The minimum Gasteiger partial charge on any atom is -0.489 e. The van der Waals surface area contributed by atoms with Gasteiger partial charge in [0, 0.05) is 5.54 Å². The Labute approximate surface area is 303 Å². The number of fused-ring (bicyclic) bond motifs is 3. The van der Waals surface area contributed by atoms with Crippen molar-refractivity contribution in [3.8, 4) is 39.1 Å². The van der Waals surface area contributed by atoms with Crippen molar-refractivity contribution < 1.29 is 4.74 Å². The van der Waals surface area contributed by atoms with E-state index in [1.165, 1.54) is 110 Å². The lowest BCUT2D eigenvalue weighted by atomic mass is 9.97. The van der Waals surface area contributed by atoms with Crippen molar-refractivity contribution in [2.75, 3.05) is 6.61 Å². The molecule has 0 saturated heterocycles. The summed E-state index contributed by atoms with van der Waals surface area (Å²) in [7, 11) is -2.33. The Morgan fingerprint density at radius 2 is 1.12 bits per heavy atom. The molecule has 2 heteroatoms. The summed E-state index contributed by atoms with van der Waals surface area (Å²) in [6, 6.07) is 37.6. The SMILES string of the molecule is C=CCOc1c(CCCCC)cc(CCCCC)cc1[Si](C)(C)C1c2cc(-c3ccc(C)cc3)ccc2-c2ccc(-c3ccc(C)cc3)cc21. The highest BCUT2D eigenvalue weighted by Gasteiger charge is 2.44. The second-order valence-electron chi connectivity index (χ2n) is 15.1. The second kappa shape index (κ2) is 15.8. The van der Waals surface area contributed by atoms with E-state index in [2.05, 4.69) is 144 Å². The first-order valence-corrected chi connectivity index (χ1v) is 22.1. The zero-order chi connectivity index (χ0) is 35.3. The molecule has 0 N–H and O–H groups in total. The molecule has 0 radical (unpaired) electrons. The Hall–Kier alpha value is -4.14. The molecular formula is C48H56OSi. The molecule has 0 fully saturated rings. The molecule has 258 valence electrons. The maximum absolute atomic E-state index is 6.78. The number of hydrogen-bond acceptors (Lipinski definition) is 1. The molecule has 5 aromatic rings. The maximum atomic E-state index is 6.78. The van der Waals surface area contributed by atoms with Gasteiger partial charge in [0.15, 0.2) is 0 Å². The highest BCUT2D eigenvalue weighted by molar-refractivity contribution is 6.92. The van der Waals surface area contributed by atoms with E-state index >= 15 is 0 Å². The number of hydrogen-bond donors (Lipinski definition) is 0. The molecule has 50 heavy (non-hydrogen) atoms. The Morgan fingerprint density at radius 1 is 0.620 bits per heavy atom. The van der Waals surface area contributed by atoms with E-state index in [0.717, 1.165) is 18.6 Å². The van der Waals surface area contributed by atoms with E-state index in [1.807, 2.05) is 6.08 Å². The number of rotatable bonds is 15. The van der Waals surface area contributed by atoms with Gasteiger partial charge in [-0.15, -0.1) is 0 Å². The van der Waals surface area contributed by atoms with Crippen LogP contribution in [0.4, 0.5) is 0 Å². The summed E-state index contributed by atoms with van der Waals surface area (Å²) in [5.41, 5.74) is 16.6. The predicted octanol–water partition coefficient (Wildman–Crippen LogP) is 12.9. The monoisotopic (exact) mass is 676 g/mol. The van der Waals surface area contributed by atoms with Gasteiger partial charge in [-0.05, 0) is 100 Å². The molecule has 5 aromatic carbocycles. The molecule has 0 spiro atoms. The molecule has 0 saturated carbocycles. The molecule has 0 heterocycles. The van der Waals surface area contributed by atoms with Gasteiger partial charge in [-0.25, -0.2) is 0 Å². The minimum absolute atomic E-state index is 0.281. The number of benzene rings is 5. The van der Waals surface area contributed by atoms with Gasteiger partial charge in [0.05, 0.1) is 8.07 Å². The van der Waals surface area contributed by atoms with E-state index < -0.39 is 8.07 Å². The molecule has 0 amide bonds. The lowest BCUT2D eigenvalue weighted by Gasteiger charge is -2.35. The van der Waals surface area contributed by atoms with Gasteiger partial charge < -0.3 is 4.74 Å². The third-order valence-corrected chi connectivity index (χ3v) is 14.7. The third-order valence-electron chi connectivity index (χ3n) is 10.9. The Kier molecular flexibility index (Phi) is 11.3. The quantitative estimate of drug-likeness (QED) is 0.0609. The normalized spacial score (nSPS) is 12.5. The summed E-state index contributed by atoms with van der Waals surface area (Å²) in [5, 5.41) is 1.46. The first-order chi connectivity index (χ1) is 24.2. The number of unbranched alkanes of at least 4 members (excludes halogenated alkanes) is 4. The summed E-state index contributed by atoms with van der Waals surface area (Å²) in [6.07, 6.45) is 11.5. The van der Waals surface area contributed by atoms with E-state index in [9.17, 15) is 0 Å². The highest BCUT2D eigenvalue weighted by Crippen LogP contribution is 2.51. The lowest BCUT2D eigenvalue weighted by Crippen LogP contribution is -2.49. The summed E-state index contributed by atoms with van der Waals surface area (Å²) in [6.45, 7) is 18.7. The van der Waals surface area contributed by atoms with Crippen LogP contribution in [0.5, 0.6) is 5.75 Å². The van der Waals surface area contributed by atoms with Crippen molar-refractivity contribution in [2.45, 2.75) is 97.7 Å². The van der Waals surface area contributed by atoms with Crippen LogP contribution in [0.3, 0.4) is 0 Å². The zero-order valence-electron chi connectivity index (χ0n) is 31.4. The zero-order valence-corrected chi connectivity index (χ0v) is 32.4. The maximum Gasteiger partial charge on any atom is 0.122 e. The molecule has 0 bridgehead atoms. The van der Waals surface area contributed by atoms with Crippen LogP contribution in [0.25, 0.3) is 33.4 Å². The van der Waals surface area contributed by atoms with Crippen molar-refractivity contribution >= 4 is 13.3 Å². The van der Waals surface area contributed by atoms with E-state index in [-0.39, 0.29) is 5.54 Å². The van der Waals surface area contributed by atoms with Crippen LogP contribution in [0.1, 0.15) is 91.3 Å². The predicted molar refractivity (Wildman–Crippen MR) is 220 cm³/mol. The standard InChI is InChI=1S/C48H56OSi/c1-8-11-13-15-36-30-41(16-14-12-9-2)47(49-29-10-3)46(31-36)50(6,7)48-44-32-39(37-21-17-34(4)18-22-37)25-27-42(44)43-28-26-40(33-45(43)48)38-23-19-35(5)20-24-38/h10,17-28,30-33,48H,3,8-9,11-16,29H2,1-2,4-7H3. The topological polar surface area (TPSA) is 9.23 Å². The minimum atomic E-state index is -2.33. The van der Waals surface area contributed by atoms with Gasteiger partial charge in [0.25, 0.3) is 0 Å². The van der Waals surface area contributed by atoms with Crippen molar-refractivity contribution in [2.24, 2.45) is 0 Å². The van der Waals surface area contributed by atoms with Gasteiger partial charge >= 0.3 is 0 Å². The van der Waals surface area contributed by atoms with Gasteiger partial charge in [0.1, 0.15) is 12.4 Å². The molecule has 1 aliphatic carbocycles. The largest absolute Gasteiger partial charge is 0.489 e. The Bertz CT molecular complexity index is 1830. The van der Waals surface area contributed by atoms with Gasteiger partial charge in [-0.2, -0.15) is 0 Å². The first kappa shape index (κ1) is 35.7. The Balaban J connectivity index is 1.56. The molecule has 0 unspecified atom stereocenters. The van der Waals surface area contributed by atoms with Gasteiger partial charge in [-0.3, -0.25) is 0 Å². The third kappa shape index (κ3) is 7.47. The van der Waals surface area contributed by atoms with Crippen LogP contribution >= 0.6 is 0 Å². The van der Waals surface area contributed by atoms with Crippen LogP contribution in [-0.4, -0.2) is 14.7 Å². The molecular weight excluding hydrogens is 621 g/mol. The molecule has 1 nitrogen and oxygen atoms in total. The fourth-order valence-corrected chi connectivity index (χ4v) is 11.8. The van der Waals surface area contributed by atoms with E-state index in [0.29, 0.717) is 6.61 Å². The van der Waals surface area contributed by atoms with Crippen LogP contribution < -0.4 is 9.92 Å². The smallest absolute Gasteiger partial charge is 0.122 e. The number of aryl methyl sites for hydroxylation is 4. The van der Waals surface area contributed by atoms with Gasteiger partial charge in [-0.1, -0.05) is 173 Å². The van der Waals surface area contributed by atoms with Crippen LogP contribution in [0.15, 0.2) is 110 Å². The van der Waals surface area contributed by atoms with Crippen LogP contribution in [0, 0.1) is 13.8 Å². The average molecular weight is 677 g/mol. The van der Waals surface area contributed by atoms with Gasteiger partial charge in [0.2, 0.25) is 0 Å². The molecule has 1 aliphatic rings. The fourth-order valence-electron chi connectivity index (χ4n) is 8.07. The molecule has 0 atom stereocenters. The highest BCUT2D eigenvalue weighted by atomic mass is 28.3. The summed E-state index contributed by atoms with van der Waals surface area (Å²) < 4.78 is 6.78.